The highest BCUT2D eigenvalue weighted by molar-refractivity contribution is 6.11. The van der Waals surface area contributed by atoms with Crippen LogP contribution in [-0.2, 0) is 0 Å². The highest BCUT2D eigenvalue weighted by atomic mass is 19.2. The number of halogens is 2. The Kier molecular flexibility index (Phi) is 4.68. The summed E-state index contributed by atoms with van der Waals surface area (Å²) >= 11 is 0. The van der Waals surface area contributed by atoms with E-state index in [0.717, 1.165) is 12.1 Å². The van der Waals surface area contributed by atoms with Gasteiger partial charge in [0.15, 0.2) is 22.6 Å². The van der Waals surface area contributed by atoms with Crippen molar-refractivity contribution in [3.05, 3.63) is 99.7 Å². The SMILES string of the molecule is Cc1c(-c2ccccc2)oc2c(C(=O)Nc3ccc(F)c(F)c3)cccc2c1=O. The summed E-state index contributed by atoms with van der Waals surface area (Å²) in [5.41, 5.74) is 1.22. The van der Waals surface area contributed by atoms with Gasteiger partial charge in [0, 0.05) is 22.9 Å². The second-order valence-corrected chi connectivity index (χ2v) is 6.52. The minimum Gasteiger partial charge on any atom is -0.455 e. The summed E-state index contributed by atoms with van der Waals surface area (Å²) in [4.78, 5) is 25.6. The van der Waals surface area contributed by atoms with E-state index < -0.39 is 17.5 Å². The molecule has 0 spiro atoms. The number of anilines is 1. The first-order valence-electron chi connectivity index (χ1n) is 8.84. The molecule has 144 valence electrons. The van der Waals surface area contributed by atoms with Crippen LogP contribution in [0.2, 0.25) is 0 Å². The van der Waals surface area contributed by atoms with Crippen molar-refractivity contribution in [2.75, 3.05) is 5.32 Å². The van der Waals surface area contributed by atoms with Gasteiger partial charge in [0.25, 0.3) is 5.91 Å². The third-order valence-corrected chi connectivity index (χ3v) is 4.60. The molecule has 4 nitrogen and oxygen atoms in total. The van der Waals surface area contributed by atoms with E-state index in [0.29, 0.717) is 16.9 Å². The van der Waals surface area contributed by atoms with Crippen molar-refractivity contribution in [3.8, 4) is 11.3 Å². The van der Waals surface area contributed by atoms with Crippen LogP contribution >= 0.6 is 0 Å². The van der Waals surface area contributed by atoms with Gasteiger partial charge in [-0.25, -0.2) is 8.78 Å². The van der Waals surface area contributed by atoms with Crippen LogP contribution in [0, 0.1) is 18.6 Å². The predicted octanol–water partition coefficient (Wildman–Crippen LogP) is 5.30. The van der Waals surface area contributed by atoms with Crippen molar-refractivity contribution in [3.63, 3.8) is 0 Å². The van der Waals surface area contributed by atoms with Crippen molar-refractivity contribution in [2.24, 2.45) is 0 Å². The molecule has 1 aromatic heterocycles. The first-order chi connectivity index (χ1) is 14.0. The van der Waals surface area contributed by atoms with Gasteiger partial charge < -0.3 is 9.73 Å². The average molecular weight is 391 g/mol. The van der Waals surface area contributed by atoms with E-state index in [1.165, 1.54) is 12.1 Å². The molecule has 3 aromatic carbocycles. The van der Waals surface area contributed by atoms with Gasteiger partial charge >= 0.3 is 0 Å². The molecule has 6 heteroatoms. The maximum absolute atomic E-state index is 13.4. The smallest absolute Gasteiger partial charge is 0.259 e. The van der Waals surface area contributed by atoms with Crippen molar-refractivity contribution in [2.45, 2.75) is 6.92 Å². The molecule has 0 radical (unpaired) electrons. The molecule has 0 unspecified atom stereocenters. The monoisotopic (exact) mass is 391 g/mol. The fourth-order valence-electron chi connectivity index (χ4n) is 3.13. The van der Waals surface area contributed by atoms with Crippen LogP contribution in [0.4, 0.5) is 14.5 Å². The normalized spacial score (nSPS) is 10.9. The highest BCUT2D eigenvalue weighted by Crippen LogP contribution is 2.27. The maximum Gasteiger partial charge on any atom is 0.259 e. The Morgan fingerprint density at radius 3 is 2.41 bits per heavy atom. The first-order valence-corrected chi connectivity index (χ1v) is 8.84. The van der Waals surface area contributed by atoms with Crippen LogP contribution in [-0.4, -0.2) is 5.91 Å². The van der Waals surface area contributed by atoms with Gasteiger partial charge in [-0.2, -0.15) is 0 Å². The van der Waals surface area contributed by atoms with Crippen molar-refractivity contribution >= 4 is 22.6 Å². The molecule has 1 heterocycles. The molecule has 0 bridgehead atoms. The third kappa shape index (κ3) is 3.40. The number of carbonyl (C=O) groups is 1. The van der Waals surface area contributed by atoms with E-state index in [1.54, 1.807) is 31.2 Å². The highest BCUT2D eigenvalue weighted by Gasteiger charge is 2.18. The van der Waals surface area contributed by atoms with Gasteiger partial charge in [-0.05, 0) is 31.2 Å². The van der Waals surface area contributed by atoms with Gasteiger partial charge in [-0.1, -0.05) is 36.4 Å². The summed E-state index contributed by atoms with van der Waals surface area (Å²) in [5.74, 6) is -2.32. The number of fused-ring (bicyclic) bond motifs is 1. The zero-order valence-corrected chi connectivity index (χ0v) is 15.3. The Hall–Kier alpha value is -3.80. The number of nitrogens with one attached hydrogen (secondary N) is 1. The van der Waals surface area contributed by atoms with E-state index in [4.69, 9.17) is 4.42 Å². The molecule has 4 rings (SSSR count). The molecule has 1 N–H and O–H groups in total. The number of amides is 1. The van der Waals surface area contributed by atoms with Crippen LogP contribution in [0.3, 0.4) is 0 Å². The van der Waals surface area contributed by atoms with Gasteiger partial charge in [0.2, 0.25) is 0 Å². The summed E-state index contributed by atoms with van der Waals surface area (Å²) in [6, 6.07) is 16.8. The third-order valence-electron chi connectivity index (χ3n) is 4.60. The van der Waals surface area contributed by atoms with Gasteiger partial charge in [0.1, 0.15) is 5.76 Å². The van der Waals surface area contributed by atoms with Crippen LogP contribution in [0.25, 0.3) is 22.3 Å². The molecule has 0 fully saturated rings. The van der Waals surface area contributed by atoms with Gasteiger partial charge in [0.05, 0.1) is 10.9 Å². The summed E-state index contributed by atoms with van der Waals surface area (Å²) < 4.78 is 32.6. The fourth-order valence-corrected chi connectivity index (χ4v) is 3.13. The number of rotatable bonds is 3. The largest absolute Gasteiger partial charge is 0.455 e. The van der Waals surface area contributed by atoms with E-state index in [2.05, 4.69) is 5.32 Å². The molecular weight excluding hydrogens is 376 g/mol. The number of para-hydroxylation sites is 1. The summed E-state index contributed by atoms with van der Waals surface area (Å²) in [5, 5.41) is 2.77. The molecule has 0 saturated heterocycles. The lowest BCUT2D eigenvalue weighted by molar-refractivity contribution is 0.102. The minimum absolute atomic E-state index is 0.0867. The summed E-state index contributed by atoms with van der Waals surface area (Å²) in [6.07, 6.45) is 0. The molecule has 0 aliphatic heterocycles. The zero-order chi connectivity index (χ0) is 20.5. The molecule has 0 atom stereocenters. The van der Waals surface area contributed by atoms with Gasteiger partial charge in [-0.3, -0.25) is 9.59 Å². The molecule has 4 aromatic rings. The number of carbonyl (C=O) groups excluding carboxylic acids is 1. The Labute approximate surface area is 164 Å². The molecule has 0 saturated carbocycles. The lowest BCUT2D eigenvalue weighted by Gasteiger charge is -2.11. The average Bonchev–Trinajstić information content (AvgIpc) is 2.73. The Balaban J connectivity index is 1.84. The van der Waals surface area contributed by atoms with Crippen LogP contribution in [0.15, 0.2) is 75.9 Å². The van der Waals surface area contributed by atoms with Crippen LogP contribution in [0.5, 0.6) is 0 Å². The maximum atomic E-state index is 13.4. The van der Waals surface area contributed by atoms with E-state index in [1.807, 2.05) is 18.2 Å². The standard InChI is InChI=1S/C23H15F2NO3/c1-13-20(27)16-8-5-9-17(22(16)29-21(13)14-6-3-2-4-7-14)23(28)26-15-10-11-18(24)19(25)12-15/h2-12H,1H3,(H,26,28). The topological polar surface area (TPSA) is 59.3 Å². The number of benzene rings is 3. The summed E-state index contributed by atoms with van der Waals surface area (Å²) in [7, 11) is 0. The predicted molar refractivity (Wildman–Crippen MR) is 107 cm³/mol. The van der Waals surface area contributed by atoms with Crippen molar-refractivity contribution < 1.29 is 18.0 Å². The van der Waals surface area contributed by atoms with E-state index in [9.17, 15) is 18.4 Å². The molecular formula is C23H15F2NO3. The number of hydrogen-bond donors (Lipinski definition) is 1. The zero-order valence-electron chi connectivity index (χ0n) is 15.3. The Morgan fingerprint density at radius 2 is 1.69 bits per heavy atom. The molecule has 0 aliphatic carbocycles. The molecule has 1 amide bonds. The number of hydrogen-bond acceptors (Lipinski definition) is 3. The van der Waals surface area contributed by atoms with Crippen molar-refractivity contribution in [1.29, 1.82) is 0 Å². The lowest BCUT2D eigenvalue weighted by Crippen LogP contribution is -2.15. The second-order valence-electron chi connectivity index (χ2n) is 6.52. The van der Waals surface area contributed by atoms with E-state index in [-0.39, 0.29) is 27.6 Å². The van der Waals surface area contributed by atoms with Crippen LogP contribution in [0.1, 0.15) is 15.9 Å². The van der Waals surface area contributed by atoms with Crippen LogP contribution < -0.4 is 10.7 Å². The van der Waals surface area contributed by atoms with E-state index >= 15 is 0 Å². The first kappa shape index (κ1) is 18.6. The fraction of sp³-hybridized carbons (Fsp3) is 0.0435. The summed E-state index contributed by atoms with van der Waals surface area (Å²) in [6.45, 7) is 1.67. The van der Waals surface area contributed by atoms with Gasteiger partial charge in [-0.15, -0.1) is 0 Å². The minimum atomic E-state index is -1.07. The Morgan fingerprint density at radius 1 is 0.931 bits per heavy atom. The lowest BCUT2D eigenvalue weighted by atomic mass is 10.0. The molecule has 29 heavy (non-hydrogen) atoms. The van der Waals surface area contributed by atoms with Crippen molar-refractivity contribution in [1.82, 2.24) is 0 Å². The second kappa shape index (κ2) is 7.31. The molecule has 0 aliphatic rings. The Bertz CT molecular complexity index is 1300. The quantitative estimate of drug-likeness (QED) is 0.516.